The molecule has 0 bridgehead atoms. The van der Waals surface area contributed by atoms with E-state index in [1.54, 1.807) is 12.1 Å². The summed E-state index contributed by atoms with van der Waals surface area (Å²) in [5.74, 6) is -1.73. The number of benzene rings is 1. The van der Waals surface area contributed by atoms with Crippen LogP contribution in [-0.4, -0.2) is 43.9 Å². The van der Waals surface area contributed by atoms with Gasteiger partial charge in [-0.1, -0.05) is 128 Å². The third-order valence-corrected chi connectivity index (χ3v) is 7.91. The van der Waals surface area contributed by atoms with Crippen molar-refractivity contribution in [2.45, 2.75) is 135 Å². The SMILES string of the molecule is CCCCCCCCCCCCCCCCCCCCOC(=O)c1ccccc1C(=O)OCCCCS(=O)(=O)[O-].[Na+]. The quantitative estimate of drug-likeness (QED) is 0.0605. The molecule has 0 aliphatic heterocycles. The predicted molar refractivity (Wildman–Crippen MR) is 160 cm³/mol. The van der Waals surface area contributed by atoms with E-state index in [2.05, 4.69) is 6.92 Å². The van der Waals surface area contributed by atoms with Gasteiger partial charge in [0.15, 0.2) is 0 Å². The number of ether oxygens (including phenoxy) is 2. The zero-order valence-corrected chi connectivity index (χ0v) is 28.7. The van der Waals surface area contributed by atoms with Crippen molar-refractivity contribution in [2.75, 3.05) is 19.0 Å². The number of hydrogen-bond acceptors (Lipinski definition) is 7. The largest absolute Gasteiger partial charge is 1.00 e. The minimum absolute atomic E-state index is 0. The van der Waals surface area contributed by atoms with Crippen LogP contribution in [0.5, 0.6) is 0 Å². The first-order chi connectivity index (χ1) is 19.3. The summed E-state index contributed by atoms with van der Waals surface area (Å²) in [6, 6.07) is 6.31. The number of carbonyl (C=O) groups is 2. The molecule has 0 fully saturated rings. The fourth-order valence-electron chi connectivity index (χ4n) is 4.71. The van der Waals surface area contributed by atoms with Crippen molar-refractivity contribution < 1.29 is 61.6 Å². The summed E-state index contributed by atoms with van der Waals surface area (Å²) < 4.78 is 42.4. The molecule has 0 amide bonds. The van der Waals surface area contributed by atoms with E-state index in [9.17, 15) is 22.6 Å². The van der Waals surface area contributed by atoms with E-state index >= 15 is 0 Å². The monoisotopic (exact) mass is 604 g/mol. The first-order valence-electron chi connectivity index (χ1n) is 15.7. The first kappa shape index (κ1) is 40.1. The normalized spacial score (nSPS) is 11.2. The summed E-state index contributed by atoms with van der Waals surface area (Å²) in [5.41, 5.74) is 0.263. The zero-order valence-electron chi connectivity index (χ0n) is 25.8. The van der Waals surface area contributed by atoms with Crippen LogP contribution in [0.3, 0.4) is 0 Å². The molecular weight excluding hydrogens is 551 g/mol. The fourth-order valence-corrected chi connectivity index (χ4v) is 5.27. The summed E-state index contributed by atoms with van der Waals surface area (Å²) in [6.07, 6.45) is 23.7. The van der Waals surface area contributed by atoms with Crippen molar-refractivity contribution in [3.63, 3.8) is 0 Å². The molecule has 1 aromatic carbocycles. The summed E-state index contributed by atoms with van der Waals surface area (Å²) in [4.78, 5) is 24.9. The molecule has 7 nitrogen and oxygen atoms in total. The smallest absolute Gasteiger partial charge is 0.748 e. The van der Waals surface area contributed by atoms with Gasteiger partial charge in [0.05, 0.1) is 34.5 Å². The van der Waals surface area contributed by atoms with Gasteiger partial charge >= 0.3 is 41.5 Å². The second-order valence-corrected chi connectivity index (χ2v) is 12.3. The topological polar surface area (TPSA) is 110 Å². The Labute approximate surface area is 272 Å². The Balaban J connectivity index is 0.0000160. The summed E-state index contributed by atoms with van der Waals surface area (Å²) >= 11 is 0. The summed E-state index contributed by atoms with van der Waals surface area (Å²) in [5, 5.41) is 0. The molecule has 0 aliphatic rings. The Bertz CT molecular complexity index is 905. The van der Waals surface area contributed by atoms with E-state index in [-0.39, 0.29) is 60.1 Å². The standard InChI is InChI=1S/C32H54O7S.Na/c1-2-3-4-5-6-7-8-9-10-11-12-13-14-15-16-17-18-21-26-38-31(33)29-24-19-20-25-30(29)32(34)39-27-22-23-28-40(35,36)37;/h19-20,24-25H,2-18,21-23,26-28H2,1H3,(H,35,36,37);/q;+1/p-1. The maximum absolute atomic E-state index is 12.5. The molecule has 0 spiro atoms. The molecule has 0 aliphatic carbocycles. The van der Waals surface area contributed by atoms with Gasteiger partial charge in [-0.05, 0) is 31.4 Å². The van der Waals surface area contributed by atoms with E-state index in [0.29, 0.717) is 6.61 Å². The second-order valence-electron chi connectivity index (χ2n) is 10.8. The van der Waals surface area contributed by atoms with Crippen molar-refractivity contribution in [3.05, 3.63) is 35.4 Å². The van der Waals surface area contributed by atoms with Crippen LogP contribution >= 0.6 is 0 Å². The Morgan fingerprint density at radius 2 is 0.902 bits per heavy atom. The fraction of sp³-hybridized carbons (Fsp3) is 0.750. The number of carbonyl (C=O) groups excluding carboxylic acids is 2. The number of hydrogen-bond donors (Lipinski definition) is 0. The van der Waals surface area contributed by atoms with Gasteiger partial charge in [0, 0.05) is 5.75 Å². The molecule has 9 heteroatoms. The van der Waals surface area contributed by atoms with Gasteiger partial charge < -0.3 is 14.0 Å². The first-order valence-corrected chi connectivity index (χ1v) is 17.3. The van der Waals surface area contributed by atoms with E-state index in [1.165, 1.54) is 108 Å². The van der Waals surface area contributed by atoms with Crippen LogP contribution in [0.25, 0.3) is 0 Å². The van der Waals surface area contributed by atoms with Gasteiger partial charge in [0.25, 0.3) is 0 Å². The minimum atomic E-state index is -4.28. The molecule has 0 radical (unpaired) electrons. The molecule has 1 aromatic rings. The van der Waals surface area contributed by atoms with Gasteiger partial charge in [-0.15, -0.1) is 0 Å². The average Bonchev–Trinajstić information content (AvgIpc) is 2.93. The van der Waals surface area contributed by atoms with Gasteiger partial charge in [0.2, 0.25) is 0 Å². The molecule has 41 heavy (non-hydrogen) atoms. The molecule has 230 valence electrons. The maximum Gasteiger partial charge on any atom is 1.00 e. The molecule has 0 unspecified atom stereocenters. The van der Waals surface area contributed by atoms with Crippen LogP contribution in [0.2, 0.25) is 0 Å². The van der Waals surface area contributed by atoms with E-state index in [4.69, 9.17) is 9.47 Å². The second kappa shape index (κ2) is 26.7. The van der Waals surface area contributed by atoms with Crippen LogP contribution in [0, 0.1) is 0 Å². The van der Waals surface area contributed by atoms with Crippen molar-refractivity contribution in [1.82, 2.24) is 0 Å². The van der Waals surface area contributed by atoms with Crippen LogP contribution in [-0.2, 0) is 19.6 Å². The van der Waals surface area contributed by atoms with Crippen LogP contribution in [0.4, 0.5) is 0 Å². The Morgan fingerprint density at radius 1 is 0.585 bits per heavy atom. The van der Waals surface area contributed by atoms with Crippen molar-refractivity contribution in [3.8, 4) is 0 Å². The molecule has 0 heterocycles. The Morgan fingerprint density at radius 3 is 1.24 bits per heavy atom. The Hall–Kier alpha value is -0.930. The average molecular weight is 605 g/mol. The predicted octanol–water partition coefficient (Wildman–Crippen LogP) is 5.37. The molecule has 0 aromatic heterocycles. The van der Waals surface area contributed by atoms with Gasteiger partial charge in [0.1, 0.15) is 0 Å². The van der Waals surface area contributed by atoms with Crippen molar-refractivity contribution >= 4 is 22.1 Å². The maximum atomic E-state index is 12.5. The van der Waals surface area contributed by atoms with Crippen LogP contribution < -0.4 is 29.6 Å². The molecule has 0 atom stereocenters. The van der Waals surface area contributed by atoms with Gasteiger partial charge in [-0.3, -0.25) is 0 Å². The Kier molecular flexibility index (Phi) is 26.1. The molecule has 0 N–H and O–H groups in total. The third-order valence-electron chi connectivity index (χ3n) is 7.12. The molecule has 1 rings (SSSR count). The van der Waals surface area contributed by atoms with Gasteiger partial charge in [-0.25, -0.2) is 18.0 Å². The number of unbranched alkanes of at least 4 members (excludes halogenated alkanes) is 18. The molecular formula is C32H53NaO7S. The van der Waals surface area contributed by atoms with Gasteiger partial charge in [-0.2, -0.15) is 0 Å². The third kappa shape index (κ3) is 23.2. The zero-order chi connectivity index (χ0) is 29.3. The van der Waals surface area contributed by atoms with Crippen molar-refractivity contribution in [2.24, 2.45) is 0 Å². The summed E-state index contributed by atoms with van der Waals surface area (Å²) in [7, 11) is -4.28. The summed E-state index contributed by atoms with van der Waals surface area (Å²) in [6.45, 7) is 2.55. The molecule has 0 saturated carbocycles. The van der Waals surface area contributed by atoms with Crippen molar-refractivity contribution in [1.29, 1.82) is 0 Å². The minimum Gasteiger partial charge on any atom is -0.748 e. The van der Waals surface area contributed by atoms with Crippen LogP contribution in [0.15, 0.2) is 24.3 Å². The van der Waals surface area contributed by atoms with Crippen LogP contribution in [0.1, 0.15) is 156 Å². The molecule has 0 saturated heterocycles. The number of rotatable bonds is 26. The number of esters is 2. The van der Waals surface area contributed by atoms with E-state index < -0.39 is 27.8 Å². The van der Waals surface area contributed by atoms with E-state index in [1.807, 2.05) is 0 Å². The van der Waals surface area contributed by atoms with E-state index in [0.717, 1.165) is 19.3 Å².